The van der Waals surface area contributed by atoms with E-state index in [2.05, 4.69) is 20.6 Å². The van der Waals surface area contributed by atoms with Gasteiger partial charge in [-0.1, -0.05) is 23.7 Å². The molecule has 3 amide bonds. The highest BCUT2D eigenvalue weighted by Gasteiger charge is 2.32. The summed E-state index contributed by atoms with van der Waals surface area (Å²) in [6.07, 6.45) is 3.06. The summed E-state index contributed by atoms with van der Waals surface area (Å²) in [4.78, 5) is 47.8. The van der Waals surface area contributed by atoms with Crippen LogP contribution in [0.5, 0.6) is 0 Å². The zero-order valence-corrected chi connectivity index (χ0v) is 18.2. The highest BCUT2D eigenvalue weighted by atomic mass is 35.5. The molecule has 0 radical (unpaired) electrons. The lowest BCUT2D eigenvalue weighted by atomic mass is 10.1. The largest absolute Gasteiger partial charge is 0.324 e. The third-order valence-electron chi connectivity index (χ3n) is 5.17. The Bertz CT molecular complexity index is 1200. The number of amides is 3. The third-order valence-corrected chi connectivity index (χ3v) is 5.40. The molecule has 4 rings (SSSR count). The summed E-state index contributed by atoms with van der Waals surface area (Å²) in [6, 6.07) is 10.9. The minimum Gasteiger partial charge on any atom is -0.324 e. The Morgan fingerprint density at radius 3 is 2.56 bits per heavy atom. The lowest BCUT2D eigenvalue weighted by Crippen LogP contribution is -2.42. The summed E-state index contributed by atoms with van der Waals surface area (Å²) in [5, 5.41) is 5.88. The van der Waals surface area contributed by atoms with Crippen LogP contribution in [-0.2, 0) is 11.3 Å². The summed E-state index contributed by atoms with van der Waals surface area (Å²) < 4.78 is 0. The average Bonchev–Trinajstić information content (AvgIpc) is 2.86. The lowest BCUT2D eigenvalue weighted by molar-refractivity contribution is -0.120. The number of aromatic nitrogens is 2. The van der Waals surface area contributed by atoms with Gasteiger partial charge in [0.15, 0.2) is 5.82 Å². The molecule has 9 heteroatoms. The van der Waals surface area contributed by atoms with Gasteiger partial charge in [-0.25, -0.2) is 4.98 Å². The van der Waals surface area contributed by atoms with E-state index in [1.165, 1.54) is 11.1 Å². The van der Waals surface area contributed by atoms with E-state index in [1.54, 1.807) is 55.6 Å². The molecule has 0 fully saturated rings. The first kappa shape index (κ1) is 21.5. The second-order valence-corrected chi connectivity index (χ2v) is 7.92. The number of carbonyl (C=O) groups excluding carboxylic acids is 3. The molecule has 8 nitrogen and oxygen atoms in total. The monoisotopic (exact) mass is 449 g/mol. The van der Waals surface area contributed by atoms with Gasteiger partial charge < -0.3 is 15.5 Å². The summed E-state index contributed by atoms with van der Waals surface area (Å²) in [6.45, 7) is 3.69. The van der Waals surface area contributed by atoms with E-state index < -0.39 is 6.04 Å². The Kier molecular flexibility index (Phi) is 5.87. The van der Waals surface area contributed by atoms with Gasteiger partial charge in [0, 0.05) is 17.1 Å². The predicted molar refractivity (Wildman–Crippen MR) is 121 cm³/mol. The second-order valence-electron chi connectivity index (χ2n) is 7.48. The summed E-state index contributed by atoms with van der Waals surface area (Å²) >= 11 is 6.01. The van der Waals surface area contributed by atoms with Crippen molar-refractivity contribution in [2.24, 2.45) is 0 Å². The van der Waals surface area contributed by atoms with E-state index in [9.17, 15) is 14.4 Å². The first-order chi connectivity index (χ1) is 15.3. The van der Waals surface area contributed by atoms with Crippen molar-refractivity contribution in [3.63, 3.8) is 0 Å². The Labute approximate surface area is 189 Å². The van der Waals surface area contributed by atoms with Gasteiger partial charge in [-0.3, -0.25) is 19.4 Å². The van der Waals surface area contributed by atoms with Crippen molar-refractivity contribution in [3.8, 4) is 0 Å². The number of hydrogen-bond acceptors (Lipinski definition) is 5. The van der Waals surface area contributed by atoms with Gasteiger partial charge in [0.05, 0.1) is 29.3 Å². The minimum atomic E-state index is -0.684. The first-order valence-electron chi connectivity index (χ1n) is 9.92. The van der Waals surface area contributed by atoms with E-state index in [0.717, 1.165) is 11.3 Å². The van der Waals surface area contributed by atoms with Crippen LogP contribution in [0.4, 0.5) is 11.5 Å². The van der Waals surface area contributed by atoms with Crippen LogP contribution in [0.25, 0.3) is 0 Å². The number of nitrogens with zero attached hydrogens (tertiary/aromatic N) is 3. The number of aryl methyl sites for hydroxylation is 1. The molecule has 162 valence electrons. The average molecular weight is 450 g/mol. The lowest BCUT2D eigenvalue weighted by Gasteiger charge is -2.26. The van der Waals surface area contributed by atoms with E-state index in [1.807, 2.05) is 6.92 Å². The molecule has 32 heavy (non-hydrogen) atoms. The molecule has 1 aliphatic rings. The van der Waals surface area contributed by atoms with Crippen molar-refractivity contribution < 1.29 is 14.4 Å². The van der Waals surface area contributed by atoms with E-state index in [0.29, 0.717) is 27.7 Å². The number of benzene rings is 2. The number of anilines is 2. The summed E-state index contributed by atoms with van der Waals surface area (Å²) in [7, 11) is 0. The quantitative estimate of drug-likeness (QED) is 0.632. The minimum absolute atomic E-state index is 0.209. The first-order valence-corrected chi connectivity index (χ1v) is 10.3. The van der Waals surface area contributed by atoms with Crippen molar-refractivity contribution in [3.05, 3.63) is 82.3 Å². The van der Waals surface area contributed by atoms with Crippen molar-refractivity contribution in [2.75, 3.05) is 10.6 Å². The van der Waals surface area contributed by atoms with Crippen molar-refractivity contribution in [1.82, 2.24) is 14.9 Å². The number of carbonyl (C=O) groups is 3. The fourth-order valence-electron chi connectivity index (χ4n) is 3.33. The van der Waals surface area contributed by atoms with Gasteiger partial charge in [-0.2, -0.15) is 0 Å². The molecule has 2 aromatic carbocycles. The Morgan fingerprint density at radius 2 is 1.88 bits per heavy atom. The van der Waals surface area contributed by atoms with Crippen LogP contribution < -0.4 is 10.6 Å². The maximum Gasteiger partial charge on any atom is 0.256 e. The summed E-state index contributed by atoms with van der Waals surface area (Å²) in [5.41, 5.74) is 2.74. The molecule has 1 aliphatic heterocycles. The Morgan fingerprint density at radius 1 is 1.12 bits per heavy atom. The molecular formula is C23H20ClN5O3. The third kappa shape index (κ3) is 4.45. The van der Waals surface area contributed by atoms with Crippen molar-refractivity contribution in [1.29, 1.82) is 0 Å². The number of rotatable bonds is 4. The Hall–Kier alpha value is -3.78. The van der Waals surface area contributed by atoms with E-state index in [4.69, 9.17) is 11.6 Å². The predicted octanol–water partition coefficient (Wildman–Crippen LogP) is 3.67. The van der Waals surface area contributed by atoms with Crippen LogP contribution in [0.15, 0.2) is 54.9 Å². The maximum absolute atomic E-state index is 13.1. The molecule has 0 saturated heterocycles. The van der Waals surface area contributed by atoms with Crippen LogP contribution >= 0.6 is 11.6 Å². The van der Waals surface area contributed by atoms with Gasteiger partial charge in [0.2, 0.25) is 5.91 Å². The number of fused-ring (bicyclic) bond motifs is 1. The van der Waals surface area contributed by atoms with Gasteiger partial charge in [0.1, 0.15) is 6.04 Å². The van der Waals surface area contributed by atoms with Crippen molar-refractivity contribution >= 4 is 40.8 Å². The van der Waals surface area contributed by atoms with Crippen LogP contribution in [0.3, 0.4) is 0 Å². The molecule has 1 aromatic heterocycles. The fourth-order valence-corrected chi connectivity index (χ4v) is 3.50. The molecule has 0 spiro atoms. The van der Waals surface area contributed by atoms with E-state index >= 15 is 0 Å². The zero-order valence-electron chi connectivity index (χ0n) is 17.4. The van der Waals surface area contributed by atoms with Crippen LogP contribution in [0, 0.1) is 6.92 Å². The van der Waals surface area contributed by atoms with Gasteiger partial charge in [0.25, 0.3) is 11.8 Å². The normalized spacial score (nSPS) is 15.6. The number of nitrogens with one attached hydrogen (secondary N) is 2. The summed E-state index contributed by atoms with van der Waals surface area (Å²) in [5.74, 6) is -0.533. The standard InChI is InChI=1S/C23H20ClN5O3/c1-13-10-26-20(11-25-13)28-22(31)16-5-3-15(4-6-16)12-29-14(2)21(30)27-19-9-17(24)7-8-18(19)23(29)32/h3-11,14H,12H2,1-2H3,(H,27,30)(H,26,28,31)/t14-/m1/s1. The molecular weight excluding hydrogens is 430 g/mol. The molecule has 1 atom stereocenters. The van der Waals surface area contributed by atoms with E-state index in [-0.39, 0.29) is 24.3 Å². The van der Waals surface area contributed by atoms with Gasteiger partial charge in [-0.15, -0.1) is 0 Å². The SMILES string of the molecule is Cc1cnc(NC(=O)c2ccc(CN3C(=O)c4ccc(Cl)cc4NC(=O)[C@H]3C)cc2)cn1. The molecule has 0 unspecified atom stereocenters. The highest BCUT2D eigenvalue weighted by molar-refractivity contribution is 6.31. The van der Waals surface area contributed by atoms with Crippen LogP contribution in [0.2, 0.25) is 5.02 Å². The van der Waals surface area contributed by atoms with Gasteiger partial charge >= 0.3 is 0 Å². The van der Waals surface area contributed by atoms with Crippen molar-refractivity contribution in [2.45, 2.75) is 26.4 Å². The molecule has 0 saturated carbocycles. The van der Waals surface area contributed by atoms with Crippen LogP contribution in [-0.4, -0.2) is 38.6 Å². The Balaban J connectivity index is 1.51. The molecule has 0 bridgehead atoms. The molecule has 2 N–H and O–H groups in total. The fraction of sp³-hybridized carbons (Fsp3) is 0.174. The molecule has 3 aromatic rings. The highest BCUT2D eigenvalue weighted by Crippen LogP contribution is 2.27. The zero-order chi connectivity index (χ0) is 22.8. The number of hydrogen-bond donors (Lipinski definition) is 2. The molecule has 0 aliphatic carbocycles. The van der Waals surface area contributed by atoms with Gasteiger partial charge in [-0.05, 0) is 49.7 Å². The maximum atomic E-state index is 13.1. The number of halogens is 1. The topological polar surface area (TPSA) is 104 Å². The van der Waals surface area contributed by atoms with Crippen LogP contribution in [0.1, 0.15) is 38.9 Å². The second kappa shape index (κ2) is 8.76. The smallest absolute Gasteiger partial charge is 0.256 e. The molecule has 2 heterocycles.